The molecule has 1 saturated heterocycles. The number of hydrogen-bond acceptors (Lipinski definition) is 5. The van der Waals surface area contributed by atoms with Crippen LogP contribution in [-0.4, -0.2) is 41.5 Å². The van der Waals surface area contributed by atoms with Crippen molar-refractivity contribution in [3.8, 4) is 0 Å². The van der Waals surface area contributed by atoms with Gasteiger partial charge in [-0.05, 0) is 48.6 Å². The molecule has 9 heteroatoms. The maximum atomic E-state index is 13.0. The molecule has 168 valence electrons. The Morgan fingerprint density at radius 3 is 2.22 bits per heavy atom. The number of carbonyl (C=O) groups excluding carboxylic acids is 1. The predicted molar refractivity (Wildman–Crippen MR) is 123 cm³/mol. The fraction of sp³-hybridized carbons (Fsp3) is 0.348. The molecule has 1 aliphatic heterocycles. The Morgan fingerprint density at radius 1 is 1.00 bits per heavy atom. The second-order valence-electron chi connectivity index (χ2n) is 8.57. The Hall–Kier alpha value is -3.04. The van der Waals surface area contributed by atoms with Gasteiger partial charge in [-0.2, -0.15) is 9.40 Å². The summed E-state index contributed by atoms with van der Waals surface area (Å²) in [5.41, 5.74) is 0.276. The number of anilines is 1. The normalized spacial score (nSPS) is 19.7. The van der Waals surface area contributed by atoms with Crippen LogP contribution >= 0.6 is 0 Å². The molecule has 1 aliphatic rings. The summed E-state index contributed by atoms with van der Waals surface area (Å²) in [6.07, 6.45) is 1.02. The van der Waals surface area contributed by atoms with E-state index in [1.165, 1.54) is 19.2 Å². The van der Waals surface area contributed by atoms with Crippen molar-refractivity contribution >= 4 is 32.4 Å². The summed E-state index contributed by atoms with van der Waals surface area (Å²) in [6, 6.07) is 12.9. The highest BCUT2D eigenvalue weighted by Gasteiger charge is 2.31. The van der Waals surface area contributed by atoms with Gasteiger partial charge >= 0.3 is 0 Å². The van der Waals surface area contributed by atoms with Gasteiger partial charge in [-0.3, -0.25) is 9.59 Å². The lowest BCUT2D eigenvalue weighted by atomic mass is 9.94. The molecule has 0 aliphatic carbocycles. The van der Waals surface area contributed by atoms with E-state index >= 15 is 0 Å². The van der Waals surface area contributed by atoms with Crippen molar-refractivity contribution in [3.05, 3.63) is 64.6 Å². The Bertz CT molecular complexity index is 1320. The highest BCUT2D eigenvalue weighted by molar-refractivity contribution is 7.89. The van der Waals surface area contributed by atoms with Crippen molar-refractivity contribution in [1.82, 2.24) is 14.1 Å². The molecule has 32 heavy (non-hydrogen) atoms. The van der Waals surface area contributed by atoms with Crippen LogP contribution in [0.3, 0.4) is 0 Å². The van der Waals surface area contributed by atoms with E-state index in [9.17, 15) is 18.0 Å². The van der Waals surface area contributed by atoms with Crippen molar-refractivity contribution in [2.75, 3.05) is 18.4 Å². The van der Waals surface area contributed by atoms with Gasteiger partial charge in [-0.15, -0.1) is 0 Å². The minimum atomic E-state index is -3.59. The van der Waals surface area contributed by atoms with Gasteiger partial charge in [0.05, 0.1) is 10.3 Å². The second-order valence-corrected chi connectivity index (χ2v) is 10.5. The van der Waals surface area contributed by atoms with E-state index in [4.69, 9.17) is 0 Å². The molecule has 3 aromatic rings. The first-order valence-corrected chi connectivity index (χ1v) is 12.0. The summed E-state index contributed by atoms with van der Waals surface area (Å²) in [6.45, 7) is 5.15. The lowest BCUT2D eigenvalue weighted by molar-refractivity contribution is 0.102. The van der Waals surface area contributed by atoms with Crippen LogP contribution in [0.5, 0.6) is 0 Å². The Labute approximate surface area is 186 Å². The number of amides is 1. The van der Waals surface area contributed by atoms with Gasteiger partial charge in [0.1, 0.15) is 0 Å². The summed E-state index contributed by atoms with van der Waals surface area (Å²) in [4.78, 5) is 25.3. The molecule has 0 saturated carbocycles. The van der Waals surface area contributed by atoms with E-state index in [-0.39, 0.29) is 16.1 Å². The summed E-state index contributed by atoms with van der Waals surface area (Å²) in [7, 11) is -2.10. The van der Waals surface area contributed by atoms with Crippen LogP contribution in [0.2, 0.25) is 0 Å². The monoisotopic (exact) mass is 454 g/mol. The summed E-state index contributed by atoms with van der Waals surface area (Å²) in [5.74, 6) is 0.151. The lowest BCUT2D eigenvalue weighted by Gasteiger charge is -2.34. The Morgan fingerprint density at radius 2 is 1.59 bits per heavy atom. The smallest absolute Gasteiger partial charge is 0.276 e. The van der Waals surface area contributed by atoms with Crippen molar-refractivity contribution in [2.24, 2.45) is 18.9 Å². The van der Waals surface area contributed by atoms with E-state index in [1.54, 1.807) is 40.7 Å². The number of aromatic nitrogens is 2. The molecule has 2 atom stereocenters. The number of benzene rings is 2. The number of aryl methyl sites for hydroxylation is 1. The molecule has 8 nitrogen and oxygen atoms in total. The predicted octanol–water partition coefficient (Wildman–Crippen LogP) is 2.85. The molecule has 2 aromatic carbocycles. The number of rotatable bonds is 4. The number of carbonyl (C=O) groups is 1. The highest BCUT2D eigenvalue weighted by Crippen LogP contribution is 2.27. The molecule has 0 bridgehead atoms. The third-order valence-corrected chi connectivity index (χ3v) is 7.60. The molecule has 1 N–H and O–H groups in total. The molecule has 0 spiro atoms. The molecular weight excluding hydrogens is 428 g/mol. The van der Waals surface area contributed by atoms with Crippen LogP contribution in [0, 0.1) is 11.8 Å². The third-order valence-electron chi connectivity index (χ3n) is 5.76. The highest BCUT2D eigenvalue weighted by atomic mass is 32.2. The summed E-state index contributed by atoms with van der Waals surface area (Å²) < 4.78 is 28.8. The Balaban J connectivity index is 1.57. The number of sulfonamides is 1. The van der Waals surface area contributed by atoms with Gasteiger partial charge in [0.2, 0.25) is 10.0 Å². The molecule has 1 fully saturated rings. The number of piperidine rings is 1. The SMILES string of the molecule is C[C@H]1C[C@H](C)CN(S(=O)(=O)c2ccc(NC(=O)c3nn(C)c(=O)c4ccccc34)cc2)C1. The Kier molecular flexibility index (Phi) is 5.87. The van der Waals surface area contributed by atoms with Gasteiger partial charge in [0.15, 0.2) is 5.69 Å². The standard InChI is InChI=1S/C23H26N4O4S/c1-15-12-16(2)14-27(13-15)32(30,31)18-10-8-17(9-11-18)24-22(28)21-19-6-4-5-7-20(19)23(29)26(3)25-21/h4-11,15-16H,12-14H2,1-3H3,(H,24,28)/t15-,16-/m0/s1. The van der Waals surface area contributed by atoms with Gasteiger partial charge in [-0.1, -0.05) is 32.0 Å². The molecule has 1 aromatic heterocycles. The van der Waals surface area contributed by atoms with Crippen molar-refractivity contribution in [2.45, 2.75) is 25.2 Å². The molecule has 4 rings (SSSR count). The minimum Gasteiger partial charge on any atom is -0.321 e. The fourth-order valence-electron chi connectivity index (χ4n) is 4.32. The van der Waals surface area contributed by atoms with Gasteiger partial charge in [-0.25, -0.2) is 13.1 Å². The van der Waals surface area contributed by atoms with Crippen LogP contribution in [-0.2, 0) is 17.1 Å². The number of hydrogen-bond donors (Lipinski definition) is 1. The van der Waals surface area contributed by atoms with Crippen LogP contribution in [0.4, 0.5) is 5.69 Å². The van der Waals surface area contributed by atoms with Gasteiger partial charge in [0.25, 0.3) is 11.5 Å². The fourth-order valence-corrected chi connectivity index (χ4v) is 6.00. The average molecular weight is 455 g/mol. The average Bonchev–Trinajstić information content (AvgIpc) is 2.76. The van der Waals surface area contributed by atoms with E-state index in [1.807, 2.05) is 0 Å². The molecule has 0 unspecified atom stereocenters. The van der Waals surface area contributed by atoms with E-state index in [2.05, 4.69) is 24.3 Å². The number of nitrogens with zero attached hydrogens (tertiary/aromatic N) is 3. The first-order valence-electron chi connectivity index (χ1n) is 10.5. The number of fused-ring (bicyclic) bond motifs is 1. The van der Waals surface area contributed by atoms with Crippen molar-refractivity contribution in [1.29, 1.82) is 0 Å². The van der Waals surface area contributed by atoms with Crippen molar-refractivity contribution in [3.63, 3.8) is 0 Å². The summed E-state index contributed by atoms with van der Waals surface area (Å²) in [5, 5.41) is 7.73. The lowest BCUT2D eigenvalue weighted by Crippen LogP contribution is -2.42. The molecule has 0 radical (unpaired) electrons. The van der Waals surface area contributed by atoms with Crippen molar-refractivity contribution < 1.29 is 13.2 Å². The zero-order valence-corrected chi connectivity index (χ0v) is 19.1. The van der Waals surface area contributed by atoms with Gasteiger partial charge < -0.3 is 5.32 Å². The van der Waals surface area contributed by atoms with Crippen LogP contribution in [0.15, 0.2) is 58.2 Å². The van der Waals surface area contributed by atoms with E-state index in [0.29, 0.717) is 41.4 Å². The van der Waals surface area contributed by atoms with Crippen LogP contribution in [0.25, 0.3) is 10.8 Å². The maximum Gasteiger partial charge on any atom is 0.276 e. The topological polar surface area (TPSA) is 101 Å². The zero-order chi connectivity index (χ0) is 23.0. The zero-order valence-electron chi connectivity index (χ0n) is 18.3. The van der Waals surface area contributed by atoms with Gasteiger partial charge in [0, 0.05) is 31.2 Å². The second kappa shape index (κ2) is 8.48. The summed E-state index contributed by atoms with van der Waals surface area (Å²) >= 11 is 0. The van der Waals surface area contributed by atoms with E-state index in [0.717, 1.165) is 11.1 Å². The first kappa shape index (κ1) is 22.2. The first-order chi connectivity index (χ1) is 15.2. The number of nitrogens with one attached hydrogen (secondary N) is 1. The largest absolute Gasteiger partial charge is 0.321 e. The molecule has 2 heterocycles. The van der Waals surface area contributed by atoms with Crippen LogP contribution in [0.1, 0.15) is 30.8 Å². The molecular formula is C23H26N4O4S. The molecule has 1 amide bonds. The quantitative estimate of drug-likeness (QED) is 0.653. The maximum absolute atomic E-state index is 13.0. The third kappa shape index (κ3) is 4.18. The van der Waals surface area contributed by atoms with Crippen LogP contribution < -0.4 is 10.9 Å². The minimum absolute atomic E-state index is 0.121. The van der Waals surface area contributed by atoms with E-state index < -0.39 is 15.9 Å².